The summed E-state index contributed by atoms with van der Waals surface area (Å²) in [7, 11) is 0. The van der Waals surface area contributed by atoms with Gasteiger partial charge in [0.25, 0.3) is 0 Å². The van der Waals surface area contributed by atoms with Crippen LogP contribution >= 0.6 is 31.9 Å². The van der Waals surface area contributed by atoms with Gasteiger partial charge >= 0.3 is 0 Å². The molecule has 1 aromatic carbocycles. The second kappa shape index (κ2) is 6.33. The lowest BCUT2D eigenvalue weighted by Crippen LogP contribution is -2.15. The molecule has 94 valence electrons. The molecule has 17 heavy (non-hydrogen) atoms. The van der Waals surface area contributed by atoms with Crippen LogP contribution in [0.25, 0.3) is 0 Å². The van der Waals surface area contributed by atoms with Gasteiger partial charge in [0.1, 0.15) is 5.82 Å². The Labute approximate surface area is 119 Å². The molecule has 1 fully saturated rings. The fourth-order valence-corrected chi connectivity index (χ4v) is 3.73. The van der Waals surface area contributed by atoms with E-state index < -0.39 is 0 Å². The lowest BCUT2D eigenvalue weighted by atomic mass is 9.92. The summed E-state index contributed by atoms with van der Waals surface area (Å²) in [6.07, 6.45) is 7.42. The Morgan fingerprint density at radius 3 is 2.76 bits per heavy atom. The van der Waals surface area contributed by atoms with Crippen LogP contribution in [-0.4, -0.2) is 4.83 Å². The molecule has 0 saturated heterocycles. The van der Waals surface area contributed by atoms with E-state index in [0.29, 0.717) is 10.7 Å². The molecule has 2 atom stereocenters. The number of benzene rings is 1. The summed E-state index contributed by atoms with van der Waals surface area (Å²) in [5.41, 5.74) is 1.10. The Morgan fingerprint density at radius 2 is 1.94 bits per heavy atom. The van der Waals surface area contributed by atoms with Gasteiger partial charge in [-0.2, -0.15) is 0 Å². The minimum atomic E-state index is -0.136. The maximum atomic E-state index is 13.2. The summed E-state index contributed by atoms with van der Waals surface area (Å²) in [6.45, 7) is 0. The van der Waals surface area contributed by atoms with Gasteiger partial charge in [-0.15, -0.1) is 0 Å². The van der Waals surface area contributed by atoms with E-state index in [9.17, 15) is 4.39 Å². The molecule has 0 amide bonds. The Bertz CT molecular complexity index is 378. The molecule has 0 aromatic heterocycles. The van der Waals surface area contributed by atoms with E-state index >= 15 is 0 Å². The van der Waals surface area contributed by atoms with Crippen LogP contribution in [0.3, 0.4) is 0 Å². The molecular weight excluding hydrogens is 347 g/mol. The molecule has 0 radical (unpaired) electrons. The fourth-order valence-electron chi connectivity index (χ4n) is 2.55. The van der Waals surface area contributed by atoms with Crippen molar-refractivity contribution >= 4 is 31.9 Å². The second-order valence-electron chi connectivity index (χ2n) is 4.85. The molecule has 1 saturated carbocycles. The minimum Gasteiger partial charge on any atom is -0.207 e. The van der Waals surface area contributed by atoms with Crippen molar-refractivity contribution in [2.75, 3.05) is 0 Å². The predicted molar refractivity (Wildman–Crippen MR) is 77.1 cm³/mol. The summed E-state index contributed by atoms with van der Waals surface area (Å²) in [4.78, 5) is 0.583. The van der Waals surface area contributed by atoms with Gasteiger partial charge in [0.2, 0.25) is 0 Å². The highest BCUT2D eigenvalue weighted by molar-refractivity contribution is 9.10. The molecule has 0 heterocycles. The van der Waals surface area contributed by atoms with Crippen molar-refractivity contribution < 1.29 is 4.39 Å². The number of hydrogen-bond acceptors (Lipinski definition) is 0. The summed E-state index contributed by atoms with van der Waals surface area (Å²) in [6, 6.07) is 4.98. The summed E-state index contributed by atoms with van der Waals surface area (Å²) in [5, 5.41) is 0. The first-order valence-electron chi connectivity index (χ1n) is 6.25. The quantitative estimate of drug-likeness (QED) is 0.482. The maximum absolute atomic E-state index is 13.2. The van der Waals surface area contributed by atoms with Crippen molar-refractivity contribution in [3.63, 3.8) is 0 Å². The van der Waals surface area contributed by atoms with Crippen molar-refractivity contribution in [1.82, 2.24) is 0 Å². The summed E-state index contributed by atoms with van der Waals surface area (Å²) >= 11 is 7.31. The maximum Gasteiger partial charge on any atom is 0.123 e. The number of alkyl halides is 1. The Kier molecular flexibility index (Phi) is 5.04. The zero-order valence-electron chi connectivity index (χ0n) is 9.76. The van der Waals surface area contributed by atoms with E-state index in [-0.39, 0.29) is 5.82 Å². The minimum absolute atomic E-state index is 0.136. The van der Waals surface area contributed by atoms with Crippen LogP contribution in [0.5, 0.6) is 0 Å². The first kappa shape index (κ1) is 13.5. The zero-order valence-corrected chi connectivity index (χ0v) is 12.9. The molecule has 1 aromatic rings. The molecule has 0 aliphatic heterocycles. The largest absolute Gasteiger partial charge is 0.207 e. The van der Waals surface area contributed by atoms with Gasteiger partial charge in [-0.05, 0) is 48.9 Å². The van der Waals surface area contributed by atoms with Gasteiger partial charge in [-0.1, -0.05) is 51.1 Å². The molecular formula is C14H17Br2F. The first-order valence-corrected chi connectivity index (χ1v) is 7.95. The van der Waals surface area contributed by atoms with Crippen molar-refractivity contribution in [1.29, 1.82) is 0 Å². The third-order valence-electron chi connectivity index (χ3n) is 3.56. The van der Waals surface area contributed by atoms with E-state index in [1.54, 1.807) is 6.07 Å². The van der Waals surface area contributed by atoms with Crippen LogP contribution in [-0.2, 0) is 6.42 Å². The van der Waals surface area contributed by atoms with E-state index in [4.69, 9.17) is 0 Å². The topological polar surface area (TPSA) is 0 Å². The lowest BCUT2D eigenvalue weighted by Gasteiger charge is -2.20. The Morgan fingerprint density at radius 1 is 1.18 bits per heavy atom. The SMILES string of the molecule is Fc1ccc(Br)c(CC2CCCCCC2Br)c1. The van der Waals surface area contributed by atoms with E-state index in [1.807, 2.05) is 6.07 Å². The van der Waals surface area contributed by atoms with Crippen LogP contribution < -0.4 is 0 Å². The third kappa shape index (κ3) is 3.78. The lowest BCUT2D eigenvalue weighted by molar-refractivity contribution is 0.473. The van der Waals surface area contributed by atoms with Crippen LogP contribution in [0.4, 0.5) is 4.39 Å². The van der Waals surface area contributed by atoms with Crippen molar-refractivity contribution in [3.8, 4) is 0 Å². The van der Waals surface area contributed by atoms with E-state index in [1.165, 1.54) is 38.2 Å². The first-order chi connectivity index (χ1) is 8.16. The van der Waals surface area contributed by atoms with Crippen molar-refractivity contribution in [2.24, 2.45) is 5.92 Å². The molecule has 2 rings (SSSR count). The van der Waals surface area contributed by atoms with Gasteiger partial charge in [-0.25, -0.2) is 4.39 Å². The number of halogens is 3. The van der Waals surface area contributed by atoms with Gasteiger partial charge in [0, 0.05) is 9.30 Å². The molecule has 1 aliphatic rings. The van der Waals surface area contributed by atoms with Gasteiger partial charge < -0.3 is 0 Å². The normalized spacial score (nSPS) is 25.6. The Hall–Kier alpha value is 0.110. The number of rotatable bonds is 2. The number of hydrogen-bond donors (Lipinski definition) is 0. The van der Waals surface area contributed by atoms with Crippen LogP contribution in [0.15, 0.2) is 22.7 Å². The smallest absolute Gasteiger partial charge is 0.123 e. The van der Waals surface area contributed by atoms with Crippen LogP contribution in [0.2, 0.25) is 0 Å². The zero-order chi connectivity index (χ0) is 12.3. The second-order valence-corrected chi connectivity index (χ2v) is 6.88. The van der Waals surface area contributed by atoms with Crippen LogP contribution in [0.1, 0.15) is 37.7 Å². The molecule has 0 nitrogen and oxygen atoms in total. The summed E-state index contributed by atoms with van der Waals surface area (Å²) < 4.78 is 14.3. The van der Waals surface area contributed by atoms with Gasteiger partial charge in [0.15, 0.2) is 0 Å². The predicted octanol–water partition coefficient (Wildman–Crippen LogP) is 5.47. The monoisotopic (exact) mass is 362 g/mol. The highest BCUT2D eigenvalue weighted by atomic mass is 79.9. The molecule has 0 spiro atoms. The van der Waals surface area contributed by atoms with Gasteiger partial charge in [-0.3, -0.25) is 0 Å². The molecule has 0 bridgehead atoms. The van der Waals surface area contributed by atoms with Gasteiger partial charge in [0.05, 0.1) is 0 Å². The fraction of sp³-hybridized carbons (Fsp3) is 0.571. The summed E-state index contributed by atoms with van der Waals surface area (Å²) in [5.74, 6) is 0.499. The molecule has 2 unspecified atom stereocenters. The van der Waals surface area contributed by atoms with E-state index in [2.05, 4.69) is 31.9 Å². The molecule has 1 aliphatic carbocycles. The standard InChI is InChI=1S/C14H17Br2F/c15-13-5-3-1-2-4-10(13)8-11-9-12(17)6-7-14(11)16/h6-7,9-10,13H,1-5,8H2. The molecule has 0 N–H and O–H groups in total. The highest BCUT2D eigenvalue weighted by Gasteiger charge is 2.22. The average Bonchev–Trinajstić information content (AvgIpc) is 2.50. The van der Waals surface area contributed by atoms with Crippen LogP contribution in [0, 0.1) is 11.7 Å². The highest BCUT2D eigenvalue weighted by Crippen LogP contribution is 2.33. The van der Waals surface area contributed by atoms with Crippen molar-refractivity contribution in [2.45, 2.75) is 43.4 Å². The van der Waals surface area contributed by atoms with Crippen molar-refractivity contribution in [3.05, 3.63) is 34.1 Å². The molecule has 3 heteroatoms. The average molecular weight is 364 g/mol. The van der Waals surface area contributed by atoms with E-state index in [0.717, 1.165) is 16.5 Å². The Balaban J connectivity index is 2.10. The third-order valence-corrected chi connectivity index (χ3v) is 5.54.